The van der Waals surface area contributed by atoms with Gasteiger partial charge in [0.2, 0.25) is 11.8 Å². The molecular formula is C33H34N6O4S2. The number of rotatable bonds is 7. The summed E-state index contributed by atoms with van der Waals surface area (Å²) < 4.78 is 40.3. The predicted molar refractivity (Wildman–Crippen MR) is 172 cm³/mol. The van der Waals surface area contributed by atoms with Gasteiger partial charge in [0.25, 0.3) is 0 Å². The zero-order chi connectivity index (χ0) is 30.7. The Morgan fingerprint density at radius 3 is 2.76 bits per heavy atom. The maximum atomic E-state index is 13.8. The summed E-state index contributed by atoms with van der Waals surface area (Å²) in [5, 5.41) is 13.2. The topological polar surface area (TPSA) is 133 Å². The van der Waals surface area contributed by atoms with Gasteiger partial charge in [0.05, 0.1) is 38.3 Å². The number of ether oxygens (including phenoxy) is 1. The fourth-order valence-electron chi connectivity index (χ4n) is 7.12. The van der Waals surface area contributed by atoms with Crippen molar-refractivity contribution >= 4 is 37.1 Å². The van der Waals surface area contributed by atoms with Crippen molar-refractivity contribution in [3.8, 4) is 21.9 Å². The quantitative estimate of drug-likeness (QED) is 0.211. The van der Waals surface area contributed by atoms with E-state index in [1.165, 1.54) is 5.56 Å². The molecule has 2 atom stereocenters. The first-order valence-corrected chi connectivity index (χ1v) is 18.1. The Bertz CT molecular complexity index is 2030. The van der Waals surface area contributed by atoms with Crippen LogP contribution < -0.4 is 5.32 Å². The van der Waals surface area contributed by atoms with Crippen molar-refractivity contribution in [2.45, 2.75) is 69.2 Å². The molecule has 0 amide bonds. The lowest BCUT2D eigenvalue weighted by Gasteiger charge is -2.22. The maximum Gasteiger partial charge on any atom is 0.250 e. The van der Waals surface area contributed by atoms with Crippen LogP contribution in [0.5, 0.6) is 0 Å². The van der Waals surface area contributed by atoms with Gasteiger partial charge in [-0.1, -0.05) is 13.0 Å². The Labute approximate surface area is 265 Å². The van der Waals surface area contributed by atoms with Crippen molar-refractivity contribution in [2.75, 3.05) is 24.3 Å². The first kappa shape index (κ1) is 28.7. The average Bonchev–Trinajstić information content (AvgIpc) is 3.81. The van der Waals surface area contributed by atoms with Crippen LogP contribution in [0.3, 0.4) is 0 Å². The summed E-state index contributed by atoms with van der Waals surface area (Å²) >= 11 is 1.54. The van der Waals surface area contributed by atoms with Crippen molar-refractivity contribution in [1.29, 1.82) is 0 Å². The molecular weight excluding hydrogens is 609 g/mol. The lowest BCUT2D eigenvalue weighted by Crippen LogP contribution is -2.17. The molecule has 1 fully saturated rings. The smallest absolute Gasteiger partial charge is 0.250 e. The van der Waals surface area contributed by atoms with E-state index >= 15 is 0 Å². The number of aromatic nitrogens is 5. The number of thiophene rings is 1. The molecule has 45 heavy (non-hydrogen) atoms. The number of nitrogens with one attached hydrogen (secondary N) is 1. The summed E-state index contributed by atoms with van der Waals surface area (Å²) in [5.74, 6) is 1.84. The van der Waals surface area contributed by atoms with Crippen LogP contribution in [0.25, 0.3) is 32.0 Å². The Balaban J connectivity index is 1.29. The van der Waals surface area contributed by atoms with Gasteiger partial charge in [0, 0.05) is 54.6 Å². The second-order valence-electron chi connectivity index (χ2n) is 12.4. The van der Waals surface area contributed by atoms with E-state index in [1.54, 1.807) is 24.5 Å². The summed E-state index contributed by atoms with van der Waals surface area (Å²) in [5.41, 5.74) is 5.01. The van der Waals surface area contributed by atoms with Gasteiger partial charge in [-0.25, -0.2) is 13.4 Å². The first-order valence-electron chi connectivity index (χ1n) is 15.6. The van der Waals surface area contributed by atoms with Gasteiger partial charge in [-0.15, -0.1) is 21.5 Å². The molecule has 5 aromatic heterocycles. The number of nitrogens with zero attached hydrogens (tertiary/aromatic N) is 5. The summed E-state index contributed by atoms with van der Waals surface area (Å²) in [6, 6.07) is 8.26. The van der Waals surface area contributed by atoms with E-state index in [9.17, 15) is 8.42 Å². The number of hydrogen-bond acceptors (Lipinski definition) is 11. The van der Waals surface area contributed by atoms with Crippen molar-refractivity contribution in [3.63, 3.8) is 0 Å². The normalized spacial score (nSPS) is 20.8. The minimum Gasteiger partial charge on any atom is -0.421 e. The Morgan fingerprint density at radius 2 is 1.93 bits per heavy atom. The van der Waals surface area contributed by atoms with Gasteiger partial charge in [-0.05, 0) is 73.6 Å². The number of hydrogen-bond donors (Lipinski definition) is 1. The van der Waals surface area contributed by atoms with E-state index in [0.29, 0.717) is 45.8 Å². The fraction of sp³-hybridized carbons (Fsp3) is 0.424. The van der Waals surface area contributed by atoms with Crippen molar-refractivity contribution in [3.05, 3.63) is 65.2 Å². The Morgan fingerprint density at radius 1 is 1.07 bits per heavy atom. The van der Waals surface area contributed by atoms with Crippen LogP contribution >= 0.6 is 11.3 Å². The standard InChI is InChI=1S/C33H34N6O4S2/c1-18-17-45(40,41)31-28(27(33-39-38-19(2)43-33)25(36-29(18)31)6-5-20-10-14-42-15-11-20)26-16-21-9-13-35-32(30(21)44-26)37-24-8-7-23-22(24)4-3-12-34-23/h3-4,9,12-13,16,18,20,24H,5-8,10-11,14-15,17H2,1-2H3,(H,35,37)/t18-,24-/m1/s1. The molecule has 12 heteroatoms. The van der Waals surface area contributed by atoms with Crippen LogP contribution in [0.1, 0.15) is 73.1 Å². The highest BCUT2D eigenvalue weighted by atomic mass is 32.2. The highest BCUT2D eigenvalue weighted by Gasteiger charge is 2.40. The molecule has 0 saturated carbocycles. The molecule has 0 aromatic carbocycles. The van der Waals surface area contributed by atoms with Gasteiger partial charge in [0.1, 0.15) is 5.82 Å². The number of anilines is 1. The zero-order valence-corrected chi connectivity index (χ0v) is 26.9. The summed E-state index contributed by atoms with van der Waals surface area (Å²) in [6.45, 7) is 5.24. The van der Waals surface area contributed by atoms with Gasteiger partial charge in [-0.3, -0.25) is 9.97 Å². The van der Waals surface area contributed by atoms with Gasteiger partial charge >= 0.3 is 0 Å². The van der Waals surface area contributed by atoms with Crippen molar-refractivity contribution in [2.24, 2.45) is 5.92 Å². The van der Waals surface area contributed by atoms with Crippen LogP contribution in [-0.4, -0.2) is 52.5 Å². The molecule has 1 aliphatic carbocycles. The molecule has 2 aliphatic heterocycles. The third-order valence-electron chi connectivity index (χ3n) is 9.33. The van der Waals surface area contributed by atoms with E-state index in [1.807, 2.05) is 25.3 Å². The molecule has 0 radical (unpaired) electrons. The van der Waals surface area contributed by atoms with Crippen LogP contribution in [0, 0.1) is 12.8 Å². The van der Waals surface area contributed by atoms with Gasteiger partial charge in [-0.2, -0.15) is 0 Å². The molecule has 0 bridgehead atoms. The molecule has 10 nitrogen and oxygen atoms in total. The lowest BCUT2D eigenvalue weighted by atomic mass is 9.91. The number of sulfone groups is 1. The van der Waals surface area contributed by atoms with Crippen LogP contribution in [0.15, 0.2) is 46.0 Å². The second-order valence-corrected chi connectivity index (χ2v) is 15.4. The predicted octanol–water partition coefficient (Wildman–Crippen LogP) is 6.46. The Hall–Kier alpha value is -3.74. The minimum absolute atomic E-state index is 0.0302. The fourth-order valence-corrected chi connectivity index (χ4v) is 10.4. The lowest BCUT2D eigenvalue weighted by molar-refractivity contribution is 0.0639. The van der Waals surface area contributed by atoms with E-state index in [4.69, 9.17) is 19.1 Å². The van der Waals surface area contributed by atoms with Gasteiger partial charge in [0.15, 0.2) is 9.84 Å². The number of aryl methyl sites for hydroxylation is 3. The maximum absolute atomic E-state index is 13.8. The summed E-state index contributed by atoms with van der Waals surface area (Å²) in [7, 11) is -3.61. The zero-order valence-electron chi connectivity index (χ0n) is 25.2. The third kappa shape index (κ3) is 5.12. The van der Waals surface area contributed by atoms with Crippen molar-refractivity contribution < 1.29 is 17.6 Å². The van der Waals surface area contributed by atoms with Crippen LogP contribution in [-0.2, 0) is 27.4 Å². The average molecular weight is 643 g/mol. The van der Waals surface area contributed by atoms with Crippen molar-refractivity contribution in [1.82, 2.24) is 25.1 Å². The summed E-state index contributed by atoms with van der Waals surface area (Å²) in [6.07, 6.45) is 9.14. The second kappa shape index (κ2) is 11.3. The largest absolute Gasteiger partial charge is 0.421 e. The number of pyridine rings is 3. The number of fused-ring (bicyclic) bond motifs is 3. The van der Waals surface area contributed by atoms with Gasteiger partial charge < -0.3 is 14.5 Å². The molecule has 0 unspecified atom stereocenters. The molecule has 7 heterocycles. The van der Waals surface area contributed by atoms with E-state index in [2.05, 4.69) is 32.6 Å². The molecule has 0 spiro atoms. The summed E-state index contributed by atoms with van der Waals surface area (Å²) in [4.78, 5) is 15.5. The highest BCUT2D eigenvalue weighted by molar-refractivity contribution is 7.92. The Kier molecular flexibility index (Phi) is 7.18. The van der Waals surface area contributed by atoms with E-state index in [0.717, 1.165) is 77.5 Å². The van der Waals surface area contributed by atoms with E-state index < -0.39 is 9.84 Å². The third-order valence-corrected chi connectivity index (χ3v) is 12.5. The molecule has 5 aromatic rings. The van der Waals surface area contributed by atoms with E-state index in [-0.39, 0.29) is 17.7 Å². The van der Waals surface area contributed by atoms with Crippen LogP contribution in [0.4, 0.5) is 5.82 Å². The monoisotopic (exact) mass is 642 g/mol. The first-order chi connectivity index (χ1) is 21.9. The molecule has 1 saturated heterocycles. The molecule has 232 valence electrons. The SMILES string of the molecule is Cc1nnc(-c2c(CCC3CCOCC3)nc3c(c2-c2cc4ccnc(N[C@@H]5CCc6ncccc65)c4s2)S(=O)(=O)C[C@H]3C)o1. The molecule has 1 N–H and O–H groups in total. The highest BCUT2D eigenvalue weighted by Crippen LogP contribution is 2.50. The molecule has 8 rings (SSSR count). The minimum atomic E-state index is -3.61. The van der Waals surface area contributed by atoms with Crippen LogP contribution in [0.2, 0.25) is 0 Å². The molecule has 3 aliphatic rings.